The van der Waals surface area contributed by atoms with E-state index in [-0.39, 0.29) is 23.8 Å². The van der Waals surface area contributed by atoms with Gasteiger partial charge in [0.25, 0.3) is 5.91 Å². The third kappa shape index (κ3) is 5.52. The number of anilines is 2. The van der Waals surface area contributed by atoms with Crippen LogP contribution in [-0.2, 0) is 9.59 Å². The van der Waals surface area contributed by atoms with Gasteiger partial charge in [0.1, 0.15) is 11.1 Å². The maximum atomic E-state index is 12.8. The Hall–Kier alpha value is -2.96. The number of thioether (sulfide) groups is 1. The molecule has 0 radical (unpaired) electrons. The summed E-state index contributed by atoms with van der Waals surface area (Å²) in [6, 6.07) is 22.5. The quantitative estimate of drug-likeness (QED) is 0.433. The topological polar surface area (TPSA) is 58.6 Å². The van der Waals surface area contributed by atoms with Gasteiger partial charge < -0.3 is 10.1 Å². The van der Waals surface area contributed by atoms with E-state index in [1.165, 1.54) is 0 Å². The van der Waals surface area contributed by atoms with E-state index in [4.69, 9.17) is 16.3 Å². The number of halogens is 1. The highest BCUT2D eigenvalue weighted by molar-refractivity contribution is 8.00. The molecule has 1 heterocycles. The summed E-state index contributed by atoms with van der Waals surface area (Å²) in [5.74, 6) is 1.19. The van der Waals surface area contributed by atoms with Crippen LogP contribution in [0.1, 0.15) is 36.3 Å². The first kappa shape index (κ1) is 23.2. The SMILES string of the molecule is CC(C)c1ccccc1N1C(=O)CS[C@@H]1c1ccc(NC(=O)COc2ccc(Cl)cc2)cc1. The Morgan fingerprint density at radius 1 is 1.09 bits per heavy atom. The monoisotopic (exact) mass is 480 g/mol. The fraction of sp³-hybridized carbons (Fsp3) is 0.231. The predicted molar refractivity (Wildman–Crippen MR) is 135 cm³/mol. The van der Waals surface area contributed by atoms with Crippen LogP contribution in [0.15, 0.2) is 72.8 Å². The number of carbonyl (C=O) groups excluding carboxylic acids is 2. The van der Waals surface area contributed by atoms with Gasteiger partial charge in [-0.05, 0) is 59.5 Å². The number of hydrogen-bond donors (Lipinski definition) is 1. The Balaban J connectivity index is 1.43. The maximum absolute atomic E-state index is 12.8. The molecule has 1 fully saturated rings. The van der Waals surface area contributed by atoms with E-state index < -0.39 is 0 Å². The van der Waals surface area contributed by atoms with E-state index in [0.717, 1.165) is 16.8 Å². The molecule has 0 aromatic heterocycles. The third-order valence-corrected chi connectivity index (χ3v) is 6.81. The van der Waals surface area contributed by atoms with E-state index in [9.17, 15) is 9.59 Å². The van der Waals surface area contributed by atoms with E-state index in [2.05, 4.69) is 25.2 Å². The van der Waals surface area contributed by atoms with Crippen molar-refractivity contribution in [3.63, 3.8) is 0 Å². The Kier molecular flexibility index (Phi) is 7.26. The van der Waals surface area contributed by atoms with Crippen LogP contribution >= 0.6 is 23.4 Å². The first-order valence-electron chi connectivity index (χ1n) is 10.7. The minimum Gasteiger partial charge on any atom is -0.484 e. The maximum Gasteiger partial charge on any atom is 0.262 e. The fourth-order valence-electron chi connectivity index (χ4n) is 3.73. The molecule has 170 valence electrons. The van der Waals surface area contributed by atoms with E-state index in [0.29, 0.717) is 28.1 Å². The van der Waals surface area contributed by atoms with E-state index in [1.807, 2.05) is 47.4 Å². The van der Waals surface area contributed by atoms with Crippen molar-refractivity contribution in [3.05, 3.63) is 88.9 Å². The highest BCUT2D eigenvalue weighted by Crippen LogP contribution is 2.44. The second kappa shape index (κ2) is 10.3. The highest BCUT2D eigenvalue weighted by atomic mass is 35.5. The fourth-order valence-corrected chi connectivity index (χ4v) is 5.03. The minimum atomic E-state index is -0.254. The second-order valence-corrected chi connectivity index (χ2v) is 9.56. The molecule has 4 rings (SSSR count). The van der Waals surface area contributed by atoms with Gasteiger partial charge in [-0.25, -0.2) is 0 Å². The van der Waals surface area contributed by atoms with Crippen molar-refractivity contribution in [3.8, 4) is 5.75 Å². The predicted octanol–water partition coefficient (Wildman–Crippen LogP) is 6.26. The van der Waals surface area contributed by atoms with Crippen LogP contribution < -0.4 is 15.0 Å². The van der Waals surface area contributed by atoms with Crippen LogP contribution in [0.4, 0.5) is 11.4 Å². The molecule has 1 atom stereocenters. The van der Waals surface area contributed by atoms with Crippen molar-refractivity contribution < 1.29 is 14.3 Å². The van der Waals surface area contributed by atoms with Gasteiger partial charge in [0, 0.05) is 16.4 Å². The van der Waals surface area contributed by atoms with Crippen molar-refractivity contribution in [1.29, 1.82) is 0 Å². The summed E-state index contributed by atoms with van der Waals surface area (Å²) in [6.07, 6.45) is 0. The summed E-state index contributed by atoms with van der Waals surface area (Å²) in [5, 5.41) is 3.35. The van der Waals surface area contributed by atoms with Crippen molar-refractivity contribution in [2.75, 3.05) is 22.6 Å². The molecule has 5 nitrogen and oxygen atoms in total. The summed E-state index contributed by atoms with van der Waals surface area (Å²) in [4.78, 5) is 26.9. The molecule has 1 N–H and O–H groups in total. The number of carbonyl (C=O) groups is 2. The zero-order valence-corrected chi connectivity index (χ0v) is 20.0. The molecule has 0 saturated carbocycles. The molecular weight excluding hydrogens is 456 g/mol. The summed E-state index contributed by atoms with van der Waals surface area (Å²) < 4.78 is 5.49. The van der Waals surface area contributed by atoms with Gasteiger partial charge in [-0.15, -0.1) is 11.8 Å². The lowest BCUT2D eigenvalue weighted by Gasteiger charge is -2.27. The van der Waals surface area contributed by atoms with E-state index in [1.54, 1.807) is 36.0 Å². The summed E-state index contributed by atoms with van der Waals surface area (Å²) >= 11 is 7.47. The number of amides is 2. The van der Waals surface area contributed by atoms with Crippen LogP contribution in [0.25, 0.3) is 0 Å². The Morgan fingerprint density at radius 2 is 1.79 bits per heavy atom. The third-order valence-electron chi connectivity index (χ3n) is 5.35. The van der Waals surface area contributed by atoms with Crippen LogP contribution in [0.2, 0.25) is 5.02 Å². The molecule has 3 aromatic carbocycles. The lowest BCUT2D eigenvalue weighted by Crippen LogP contribution is -2.29. The van der Waals surface area contributed by atoms with Crippen molar-refractivity contribution in [2.24, 2.45) is 0 Å². The summed E-state index contributed by atoms with van der Waals surface area (Å²) in [6.45, 7) is 4.17. The zero-order valence-electron chi connectivity index (χ0n) is 18.5. The normalized spacial score (nSPS) is 15.7. The molecule has 0 bridgehead atoms. The lowest BCUT2D eigenvalue weighted by molar-refractivity contribution is -0.118. The highest BCUT2D eigenvalue weighted by Gasteiger charge is 2.35. The van der Waals surface area contributed by atoms with Crippen molar-refractivity contribution >= 4 is 46.6 Å². The smallest absolute Gasteiger partial charge is 0.262 e. The molecular formula is C26H25ClN2O3S. The number of ether oxygens (including phenoxy) is 1. The van der Waals surface area contributed by atoms with Gasteiger partial charge in [-0.1, -0.05) is 55.8 Å². The first-order chi connectivity index (χ1) is 15.9. The lowest BCUT2D eigenvalue weighted by atomic mass is 10.00. The largest absolute Gasteiger partial charge is 0.484 e. The minimum absolute atomic E-state index is 0.101. The number of para-hydroxylation sites is 1. The number of nitrogens with zero attached hydrogens (tertiary/aromatic N) is 1. The zero-order chi connectivity index (χ0) is 23.4. The second-order valence-electron chi connectivity index (χ2n) is 8.05. The molecule has 1 aliphatic rings. The van der Waals surface area contributed by atoms with Crippen molar-refractivity contribution in [2.45, 2.75) is 25.1 Å². The van der Waals surface area contributed by atoms with Gasteiger partial charge in [-0.2, -0.15) is 0 Å². The molecule has 2 amide bonds. The van der Waals surface area contributed by atoms with Gasteiger partial charge in [0.2, 0.25) is 5.91 Å². The van der Waals surface area contributed by atoms with Gasteiger partial charge in [-0.3, -0.25) is 14.5 Å². The average molecular weight is 481 g/mol. The first-order valence-corrected chi connectivity index (χ1v) is 12.2. The molecule has 33 heavy (non-hydrogen) atoms. The van der Waals surface area contributed by atoms with Gasteiger partial charge >= 0.3 is 0 Å². The van der Waals surface area contributed by atoms with Crippen LogP contribution in [0, 0.1) is 0 Å². The molecule has 1 saturated heterocycles. The Labute approximate surface area is 203 Å². The number of benzene rings is 3. The van der Waals surface area contributed by atoms with Gasteiger partial charge in [0.05, 0.1) is 5.75 Å². The van der Waals surface area contributed by atoms with Crippen LogP contribution in [0.5, 0.6) is 5.75 Å². The molecule has 0 spiro atoms. The molecule has 0 aliphatic carbocycles. The standard InChI is InChI=1S/C26H25ClN2O3S/c1-17(2)22-5-3-4-6-23(22)29-25(31)16-33-26(29)18-7-11-20(12-8-18)28-24(30)15-32-21-13-9-19(27)10-14-21/h3-14,17,26H,15-16H2,1-2H3,(H,28,30)/t26-/m1/s1. The summed E-state index contributed by atoms with van der Waals surface area (Å²) in [7, 11) is 0. The Bertz CT molecular complexity index is 1130. The summed E-state index contributed by atoms with van der Waals surface area (Å²) in [5.41, 5.74) is 3.80. The Morgan fingerprint density at radius 3 is 2.48 bits per heavy atom. The van der Waals surface area contributed by atoms with E-state index >= 15 is 0 Å². The van der Waals surface area contributed by atoms with Crippen LogP contribution in [0.3, 0.4) is 0 Å². The molecule has 7 heteroatoms. The van der Waals surface area contributed by atoms with Crippen molar-refractivity contribution in [1.82, 2.24) is 0 Å². The molecule has 0 unspecified atom stereocenters. The molecule has 1 aliphatic heterocycles. The number of hydrogen-bond acceptors (Lipinski definition) is 4. The molecule has 3 aromatic rings. The number of rotatable bonds is 7. The van der Waals surface area contributed by atoms with Crippen LogP contribution in [-0.4, -0.2) is 24.2 Å². The van der Waals surface area contributed by atoms with Gasteiger partial charge in [0.15, 0.2) is 6.61 Å². The number of nitrogens with one attached hydrogen (secondary N) is 1. The average Bonchev–Trinajstić information content (AvgIpc) is 3.20.